The molecule has 0 aliphatic carbocycles. The molecular weight excluding hydrogens is 170 g/mol. The summed E-state index contributed by atoms with van der Waals surface area (Å²) in [5.74, 6) is 0.543. The largest absolute Gasteiger partial charge is 0.389 e. The average molecular weight is 181 g/mol. The maximum absolute atomic E-state index is 11.1. The molecule has 0 fully saturated rings. The fourth-order valence-electron chi connectivity index (χ4n) is 1.38. The molecule has 0 bridgehead atoms. The monoisotopic (exact) mass is 181 g/mol. The summed E-state index contributed by atoms with van der Waals surface area (Å²) in [6.45, 7) is 2.66. The molecule has 70 valence electrons. The van der Waals surface area contributed by atoms with Crippen LogP contribution in [0, 0.1) is 6.92 Å². The van der Waals surface area contributed by atoms with E-state index in [-0.39, 0.29) is 5.56 Å². The lowest BCUT2D eigenvalue weighted by Gasteiger charge is -2.23. The fraction of sp³-hybridized carbons (Fsp3) is 0.500. The molecule has 5 heteroatoms. The summed E-state index contributed by atoms with van der Waals surface area (Å²) < 4.78 is 1.75. The molecule has 0 spiro atoms. The lowest BCUT2D eigenvalue weighted by atomic mass is 10.3. The standard InChI is InChI=1S/C8H11N3O2/c1-5-3-11-4-6(12)2-9-8(11)10-7(5)13/h3,6,12H,2,4H2,1H3,(H,9,10,13). The third-order valence-electron chi connectivity index (χ3n) is 2.07. The molecule has 0 saturated carbocycles. The van der Waals surface area contributed by atoms with E-state index in [0.717, 1.165) is 0 Å². The number of aliphatic hydroxyl groups is 1. The molecule has 1 aromatic rings. The summed E-state index contributed by atoms with van der Waals surface area (Å²) >= 11 is 0. The van der Waals surface area contributed by atoms with Crippen molar-refractivity contribution >= 4 is 5.95 Å². The van der Waals surface area contributed by atoms with Gasteiger partial charge in [0.05, 0.1) is 12.6 Å². The highest BCUT2D eigenvalue weighted by atomic mass is 16.3. The number of fused-ring (bicyclic) bond motifs is 1. The van der Waals surface area contributed by atoms with Gasteiger partial charge in [0.25, 0.3) is 5.56 Å². The van der Waals surface area contributed by atoms with Crippen LogP contribution in [0.1, 0.15) is 5.56 Å². The number of hydrogen-bond acceptors (Lipinski definition) is 4. The second kappa shape index (κ2) is 2.85. The number of rotatable bonds is 0. The molecule has 2 N–H and O–H groups in total. The minimum atomic E-state index is -0.406. The molecular formula is C8H11N3O2. The maximum Gasteiger partial charge on any atom is 0.277 e. The second-order valence-corrected chi connectivity index (χ2v) is 3.24. The third-order valence-corrected chi connectivity index (χ3v) is 2.07. The van der Waals surface area contributed by atoms with Crippen molar-refractivity contribution in [1.29, 1.82) is 0 Å². The van der Waals surface area contributed by atoms with Gasteiger partial charge in [-0.15, -0.1) is 0 Å². The summed E-state index contributed by atoms with van der Waals surface area (Å²) in [4.78, 5) is 15.0. The van der Waals surface area contributed by atoms with Crippen molar-refractivity contribution < 1.29 is 5.11 Å². The van der Waals surface area contributed by atoms with E-state index in [1.54, 1.807) is 17.7 Å². The first kappa shape index (κ1) is 8.25. The summed E-state index contributed by atoms with van der Waals surface area (Å²) in [5.41, 5.74) is 0.384. The first-order valence-corrected chi connectivity index (χ1v) is 4.17. The van der Waals surface area contributed by atoms with Gasteiger partial charge in [0.1, 0.15) is 0 Å². The first-order chi connectivity index (χ1) is 6.16. The molecule has 0 saturated heterocycles. The number of nitrogens with zero attached hydrogens (tertiary/aromatic N) is 2. The Bertz CT molecular complexity index is 385. The number of β-amino-alcohol motifs (C(OH)–C–C–N with tert-alkyl or cyclic N) is 1. The molecule has 13 heavy (non-hydrogen) atoms. The van der Waals surface area contributed by atoms with Crippen LogP contribution in [0.15, 0.2) is 11.0 Å². The third kappa shape index (κ3) is 1.42. The van der Waals surface area contributed by atoms with Crippen LogP contribution < -0.4 is 10.9 Å². The average Bonchev–Trinajstić information content (AvgIpc) is 2.08. The minimum absolute atomic E-state index is 0.213. The number of aryl methyl sites for hydroxylation is 1. The Hall–Kier alpha value is -1.36. The number of nitrogens with one attached hydrogen (secondary N) is 1. The Kier molecular flexibility index (Phi) is 1.81. The molecule has 0 aromatic carbocycles. The van der Waals surface area contributed by atoms with Crippen LogP contribution in [0.2, 0.25) is 0 Å². The van der Waals surface area contributed by atoms with Gasteiger partial charge in [0, 0.05) is 18.3 Å². The van der Waals surface area contributed by atoms with E-state index in [1.165, 1.54) is 0 Å². The van der Waals surface area contributed by atoms with Gasteiger partial charge >= 0.3 is 0 Å². The summed E-state index contributed by atoms with van der Waals surface area (Å²) in [5, 5.41) is 12.2. The Labute approximate surface area is 75.0 Å². The normalized spacial score (nSPS) is 20.6. The summed E-state index contributed by atoms with van der Waals surface area (Å²) in [7, 11) is 0. The molecule has 1 unspecified atom stereocenters. The highest BCUT2D eigenvalue weighted by Gasteiger charge is 2.15. The van der Waals surface area contributed by atoms with Crippen LogP contribution in [0.3, 0.4) is 0 Å². The van der Waals surface area contributed by atoms with Crippen molar-refractivity contribution in [2.45, 2.75) is 19.6 Å². The Morgan fingerprint density at radius 2 is 2.54 bits per heavy atom. The molecule has 5 nitrogen and oxygen atoms in total. The molecule has 0 radical (unpaired) electrons. The number of anilines is 1. The van der Waals surface area contributed by atoms with Crippen molar-refractivity contribution in [1.82, 2.24) is 9.55 Å². The molecule has 2 rings (SSSR count). The topological polar surface area (TPSA) is 67.2 Å². The molecule has 2 heterocycles. The van der Waals surface area contributed by atoms with Crippen LogP contribution in [-0.4, -0.2) is 27.3 Å². The van der Waals surface area contributed by atoms with Crippen LogP contribution >= 0.6 is 0 Å². The smallest absolute Gasteiger partial charge is 0.277 e. The maximum atomic E-state index is 11.1. The van der Waals surface area contributed by atoms with Crippen molar-refractivity contribution in [3.8, 4) is 0 Å². The highest BCUT2D eigenvalue weighted by molar-refractivity contribution is 5.29. The van der Waals surface area contributed by atoms with Crippen LogP contribution in [0.4, 0.5) is 5.95 Å². The van der Waals surface area contributed by atoms with E-state index in [9.17, 15) is 9.90 Å². The Morgan fingerprint density at radius 1 is 1.77 bits per heavy atom. The van der Waals surface area contributed by atoms with E-state index in [1.807, 2.05) is 0 Å². The molecule has 1 aliphatic heterocycles. The van der Waals surface area contributed by atoms with E-state index in [0.29, 0.717) is 24.6 Å². The van der Waals surface area contributed by atoms with Crippen LogP contribution in [0.5, 0.6) is 0 Å². The SMILES string of the molecule is Cc1cn2c(nc1=O)NCC(O)C2. The van der Waals surface area contributed by atoms with Gasteiger partial charge in [0.2, 0.25) is 5.95 Å². The van der Waals surface area contributed by atoms with Crippen molar-refractivity contribution in [2.24, 2.45) is 0 Å². The number of aromatic nitrogens is 2. The quantitative estimate of drug-likeness (QED) is 0.557. The Morgan fingerprint density at radius 3 is 3.31 bits per heavy atom. The van der Waals surface area contributed by atoms with Gasteiger partial charge in [-0.2, -0.15) is 4.98 Å². The fourth-order valence-corrected chi connectivity index (χ4v) is 1.38. The lowest BCUT2D eigenvalue weighted by molar-refractivity contribution is 0.159. The van der Waals surface area contributed by atoms with E-state index < -0.39 is 6.10 Å². The minimum Gasteiger partial charge on any atom is -0.389 e. The summed E-state index contributed by atoms with van der Waals surface area (Å²) in [6, 6.07) is 0. The summed E-state index contributed by atoms with van der Waals surface area (Å²) in [6.07, 6.45) is 1.30. The zero-order chi connectivity index (χ0) is 9.42. The van der Waals surface area contributed by atoms with Crippen LogP contribution in [0.25, 0.3) is 0 Å². The van der Waals surface area contributed by atoms with Gasteiger partial charge in [-0.05, 0) is 6.92 Å². The van der Waals surface area contributed by atoms with Gasteiger partial charge in [-0.3, -0.25) is 4.79 Å². The number of aliphatic hydroxyl groups excluding tert-OH is 1. The predicted octanol–water partition coefficient (Wildman–Crippen LogP) is -0.662. The van der Waals surface area contributed by atoms with Gasteiger partial charge < -0.3 is 15.0 Å². The first-order valence-electron chi connectivity index (χ1n) is 4.17. The van der Waals surface area contributed by atoms with Crippen LogP contribution in [-0.2, 0) is 6.54 Å². The lowest BCUT2D eigenvalue weighted by Crippen LogP contribution is -2.34. The van der Waals surface area contributed by atoms with Gasteiger partial charge in [-0.1, -0.05) is 0 Å². The molecule has 1 atom stereocenters. The van der Waals surface area contributed by atoms with Crippen molar-refractivity contribution in [3.63, 3.8) is 0 Å². The van der Waals surface area contributed by atoms with Crippen molar-refractivity contribution in [2.75, 3.05) is 11.9 Å². The van der Waals surface area contributed by atoms with Gasteiger partial charge in [0.15, 0.2) is 0 Å². The second-order valence-electron chi connectivity index (χ2n) is 3.24. The highest BCUT2D eigenvalue weighted by Crippen LogP contribution is 2.09. The van der Waals surface area contributed by atoms with E-state index in [4.69, 9.17) is 0 Å². The van der Waals surface area contributed by atoms with Crippen molar-refractivity contribution in [3.05, 3.63) is 22.1 Å². The predicted molar refractivity (Wildman–Crippen MR) is 47.7 cm³/mol. The molecule has 1 aliphatic rings. The number of hydrogen-bond donors (Lipinski definition) is 2. The van der Waals surface area contributed by atoms with Gasteiger partial charge in [-0.25, -0.2) is 0 Å². The zero-order valence-electron chi connectivity index (χ0n) is 7.32. The zero-order valence-corrected chi connectivity index (χ0v) is 7.32. The molecule has 1 aromatic heterocycles. The van der Waals surface area contributed by atoms with E-state index in [2.05, 4.69) is 10.3 Å². The molecule has 0 amide bonds. The van der Waals surface area contributed by atoms with E-state index >= 15 is 0 Å². The Balaban J connectivity index is 2.49.